The minimum Gasteiger partial charge on any atom is -0.308 e. The normalized spacial score (nSPS) is 11.8. The van der Waals surface area contributed by atoms with Gasteiger partial charge < -0.3 is 5.32 Å². The number of hydrogen-bond acceptors (Lipinski definition) is 4. The van der Waals surface area contributed by atoms with Crippen molar-refractivity contribution in [1.29, 1.82) is 0 Å². The average Bonchev–Trinajstić information content (AvgIpc) is 2.72. The van der Waals surface area contributed by atoms with Gasteiger partial charge in [-0.05, 0) is 45.4 Å². The van der Waals surface area contributed by atoms with Crippen LogP contribution in [-0.2, 0) is 6.54 Å². The molecule has 0 aliphatic rings. The summed E-state index contributed by atoms with van der Waals surface area (Å²) in [6.07, 6.45) is 0. The summed E-state index contributed by atoms with van der Waals surface area (Å²) in [6, 6.07) is 6.50. The summed E-state index contributed by atoms with van der Waals surface area (Å²) in [5.41, 5.74) is 2.49. The van der Waals surface area contributed by atoms with E-state index < -0.39 is 0 Å². The predicted octanol–water partition coefficient (Wildman–Crippen LogP) is 5.25. The van der Waals surface area contributed by atoms with Gasteiger partial charge in [0.05, 0.1) is 0 Å². The minimum atomic E-state index is 0.130. The zero-order valence-electron chi connectivity index (χ0n) is 12.2. The highest BCUT2D eigenvalue weighted by Crippen LogP contribution is 2.32. The van der Waals surface area contributed by atoms with Crippen molar-refractivity contribution in [3.05, 3.63) is 39.3 Å². The topological polar surface area (TPSA) is 24.9 Å². The highest BCUT2D eigenvalue weighted by molar-refractivity contribution is 9.10. The molecular formula is C15H19BrN2S2. The van der Waals surface area contributed by atoms with Crippen LogP contribution in [0.2, 0.25) is 0 Å². The number of aryl methyl sites for hydroxylation is 1. The SMILES string of the molecule is Cc1csc(Sc2ccc(CNC(C)(C)C)c(Br)c2)n1. The molecule has 0 atom stereocenters. The Morgan fingerprint density at radius 3 is 2.65 bits per heavy atom. The van der Waals surface area contributed by atoms with E-state index in [1.807, 2.05) is 6.92 Å². The number of nitrogens with zero attached hydrogens (tertiary/aromatic N) is 1. The van der Waals surface area contributed by atoms with Crippen LogP contribution in [0.5, 0.6) is 0 Å². The summed E-state index contributed by atoms with van der Waals surface area (Å²) in [5.74, 6) is 0. The summed E-state index contributed by atoms with van der Waals surface area (Å²) >= 11 is 7.07. The Labute approximate surface area is 137 Å². The molecule has 0 bridgehead atoms. The van der Waals surface area contributed by atoms with Crippen LogP contribution in [0.1, 0.15) is 32.0 Å². The summed E-state index contributed by atoms with van der Waals surface area (Å²) in [4.78, 5) is 5.69. The van der Waals surface area contributed by atoms with Gasteiger partial charge >= 0.3 is 0 Å². The molecule has 0 spiro atoms. The molecule has 2 nitrogen and oxygen atoms in total. The van der Waals surface area contributed by atoms with Gasteiger partial charge in [0.25, 0.3) is 0 Å². The number of benzene rings is 1. The first-order valence-corrected chi connectivity index (χ1v) is 8.96. The van der Waals surface area contributed by atoms with Gasteiger partial charge in [0.2, 0.25) is 0 Å². The molecule has 5 heteroatoms. The third kappa shape index (κ3) is 4.88. The van der Waals surface area contributed by atoms with Gasteiger partial charge in [-0.1, -0.05) is 33.8 Å². The van der Waals surface area contributed by atoms with Gasteiger partial charge in [0.1, 0.15) is 0 Å². The fraction of sp³-hybridized carbons (Fsp3) is 0.400. The fourth-order valence-electron chi connectivity index (χ4n) is 1.58. The van der Waals surface area contributed by atoms with E-state index in [2.05, 4.69) is 70.6 Å². The zero-order valence-corrected chi connectivity index (χ0v) is 15.4. The minimum absolute atomic E-state index is 0.130. The van der Waals surface area contributed by atoms with Crippen molar-refractivity contribution >= 4 is 39.0 Å². The molecule has 0 saturated carbocycles. The Bertz CT molecular complexity index is 588. The predicted molar refractivity (Wildman–Crippen MR) is 91.7 cm³/mol. The molecule has 1 aromatic carbocycles. The van der Waals surface area contributed by atoms with E-state index in [4.69, 9.17) is 0 Å². The second-order valence-electron chi connectivity index (χ2n) is 5.71. The first-order valence-electron chi connectivity index (χ1n) is 6.47. The second-order valence-corrected chi connectivity index (χ2v) is 8.75. The van der Waals surface area contributed by atoms with Crippen molar-refractivity contribution in [2.45, 2.75) is 49.0 Å². The lowest BCUT2D eigenvalue weighted by atomic mass is 10.1. The van der Waals surface area contributed by atoms with Crippen molar-refractivity contribution < 1.29 is 0 Å². The Morgan fingerprint density at radius 1 is 1.35 bits per heavy atom. The van der Waals surface area contributed by atoms with Crippen LogP contribution in [0.3, 0.4) is 0 Å². The quantitative estimate of drug-likeness (QED) is 0.794. The molecule has 0 aliphatic carbocycles. The Hall–Kier alpha value is -0.360. The van der Waals surface area contributed by atoms with Crippen molar-refractivity contribution in [3.63, 3.8) is 0 Å². The van der Waals surface area contributed by atoms with Gasteiger partial charge in [-0.25, -0.2) is 4.98 Å². The molecule has 0 amide bonds. The van der Waals surface area contributed by atoms with E-state index in [1.165, 1.54) is 10.5 Å². The fourth-order valence-corrected chi connectivity index (χ4v) is 4.10. The highest BCUT2D eigenvalue weighted by atomic mass is 79.9. The maximum absolute atomic E-state index is 4.48. The largest absolute Gasteiger partial charge is 0.308 e. The van der Waals surface area contributed by atoms with Gasteiger partial charge in [-0.2, -0.15) is 0 Å². The summed E-state index contributed by atoms with van der Waals surface area (Å²) in [6.45, 7) is 9.42. The zero-order chi connectivity index (χ0) is 14.8. The molecule has 2 rings (SSSR count). The molecule has 0 fully saturated rings. The standard InChI is InChI=1S/C15H19BrN2S2/c1-10-9-19-14(18-10)20-12-6-5-11(13(16)7-12)8-17-15(2,3)4/h5-7,9,17H,8H2,1-4H3. The Morgan fingerprint density at radius 2 is 2.10 bits per heavy atom. The van der Waals surface area contributed by atoms with E-state index in [9.17, 15) is 0 Å². The van der Waals surface area contributed by atoms with Crippen LogP contribution in [0.25, 0.3) is 0 Å². The van der Waals surface area contributed by atoms with Crippen molar-refractivity contribution in [1.82, 2.24) is 10.3 Å². The van der Waals surface area contributed by atoms with Crippen LogP contribution in [-0.4, -0.2) is 10.5 Å². The van der Waals surface area contributed by atoms with Crippen molar-refractivity contribution in [2.75, 3.05) is 0 Å². The monoisotopic (exact) mass is 370 g/mol. The average molecular weight is 371 g/mol. The number of rotatable bonds is 4. The third-order valence-electron chi connectivity index (χ3n) is 2.64. The van der Waals surface area contributed by atoms with E-state index in [0.717, 1.165) is 21.1 Å². The molecule has 1 N–H and O–H groups in total. The molecule has 108 valence electrons. The Kier molecular flexibility index (Phi) is 5.29. The molecule has 1 aromatic heterocycles. The van der Waals surface area contributed by atoms with Crippen molar-refractivity contribution in [3.8, 4) is 0 Å². The lowest BCUT2D eigenvalue weighted by Gasteiger charge is -2.21. The van der Waals surface area contributed by atoms with Crippen LogP contribution < -0.4 is 5.32 Å². The molecule has 0 unspecified atom stereocenters. The maximum Gasteiger partial charge on any atom is 0.154 e. The van der Waals surface area contributed by atoms with Gasteiger partial charge in [-0.15, -0.1) is 11.3 Å². The number of aromatic nitrogens is 1. The van der Waals surface area contributed by atoms with Crippen LogP contribution >= 0.6 is 39.0 Å². The molecule has 0 aliphatic heterocycles. The number of thiazole rings is 1. The van der Waals surface area contributed by atoms with E-state index >= 15 is 0 Å². The van der Waals surface area contributed by atoms with Crippen LogP contribution in [0.4, 0.5) is 0 Å². The molecular weight excluding hydrogens is 352 g/mol. The number of nitrogens with one attached hydrogen (secondary N) is 1. The summed E-state index contributed by atoms with van der Waals surface area (Å²) in [7, 11) is 0. The Balaban J connectivity index is 2.05. The van der Waals surface area contributed by atoms with Crippen molar-refractivity contribution in [2.24, 2.45) is 0 Å². The molecule has 1 heterocycles. The van der Waals surface area contributed by atoms with Gasteiger partial charge in [0, 0.05) is 32.5 Å². The van der Waals surface area contributed by atoms with Gasteiger partial charge in [-0.3, -0.25) is 0 Å². The summed E-state index contributed by atoms with van der Waals surface area (Å²) < 4.78 is 2.24. The lowest BCUT2D eigenvalue weighted by Crippen LogP contribution is -2.35. The number of hydrogen-bond donors (Lipinski definition) is 1. The maximum atomic E-state index is 4.48. The molecule has 0 radical (unpaired) electrons. The third-order valence-corrected chi connectivity index (χ3v) is 5.42. The highest BCUT2D eigenvalue weighted by Gasteiger charge is 2.10. The molecule has 0 saturated heterocycles. The van der Waals surface area contributed by atoms with Gasteiger partial charge in [0.15, 0.2) is 4.34 Å². The molecule has 2 aromatic rings. The van der Waals surface area contributed by atoms with Crippen LogP contribution in [0.15, 0.2) is 37.3 Å². The second kappa shape index (κ2) is 6.60. The van der Waals surface area contributed by atoms with Crippen LogP contribution in [0, 0.1) is 6.92 Å². The summed E-state index contributed by atoms with van der Waals surface area (Å²) in [5, 5.41) is 5.59. The first kappa shape index (κ1) is 16.0. The lowest BCUT2D eigenvalue weighted by molar-refractivity contribution is 0.424. The first-order chi connectivity index (χ1) is 9.33. The van der Waals surface area contributed by atoms with E-state index in [0.29, 0.717) is 0 Å². The van der Waals surface area contributed by atoms with E-state index in [1.54, 1.807) is 23.1 Å². The molecule has 20 heavy (non-hydrogen) atoms. The smallest absolute Gasteiger partial charge is 0.154 e. The number of halogens is 1. The van der Waals surface area contributed by atoms with E-state index in [-0.39, 0.29) is 5.54 Å².